The van der Waals surface area contributed by atoms with E-state index in [1.807, 2.05) is 0 Å². The van der Waals surface area contributed by atoms with Crippen molar-refractivity contribution >= 4 is 5.69 Å². The van der Waals surface area contributed by atoms with Gasteiger partial charge in [-0.3, -0.25) is 0 Å². The minimum Gasteiger partial charge on any atom is -0.486 e. The van der Waals surface area contributed by atoms with Gasteiger partial charge in [-0.1, -0.05) is 19.9 Å². The third kappa shape index (κ3) is 3.64. The Bertz CT molecular complexity index is 423. The number of hydrogen-bond donors (Lipinski definition) is 1. The standard InChI is InChI=1S/C16H26N2O2/c1-3-13-5-6-16-15(11-13)18(8-10-19-9-7-17)12-14(4-2)20-16/h5-6,11,14H,3-4,7-10,12,17H2,1-2H3. The Morgan fingerprint density at radius 1 is 1.35 bits per heavy atom. The second kappa shape index (κ2) is 7.50. The molecule has 0 aromatic heterocycles. The monoisotopic (exact) mass is 278 g/mol. The number of anilines is 1. The average Bonchev–Trinajstić information content (AvgIpc) is 2.50. The molecule has 20 heavy (non-hydrogen) atoms. The first-order chi connectivity index (χ1) is 9.78. The van der Waals surface area contributed by atoms with E-state index in [1.54, 1.807) is 0 Å². The van der Waals surface area contributed by atoms with Crippen molar-refractivity contribution < 1.29 is 9.47 Å². The van der Waals surface area contributed by atoms with Crippen LogP contribution in [0, 0.1) is 0 Å². The van der Waals surface area contributed by atoms with E-state index >= 15 is 0 Å². The van der Waals surface area contributed by atoms with E-state index in [-0.39, 0.29) is 6.10 Å². The molecule has 0 aliphatic carbocycles. The fourth-order valence-electron chi connectivity index (χ4n) is 2.47. The Kier molecular flexibility index (Phi) is 5.68. The smallest absolute Gasteiger partial charge is 0.143 e. The first-order valence-electron chi connectivity index (χ1n) is 7.60. The molecule has 0 fully saturated rings. The first kappa shape index (κ1) is 15.1. The number of rotatable bonds is 7. The molecule has 1 heterocycles. The van der Waals surface area contributed by atoms with E-state index in [0.717, 1.165) is 31.7 Å². The lowest BCUT2D eigenvalue weighted by Crippen LogP contribution is -2.41. The van der Waals surface area contributed by atoms with Gasteiger partial charge in [-0.2, -0.15) is 0 Å². The Morgan fingerprint density at radius 3 is 2.90 bits per heavy atom. The number of aryl methyl sites for hydroxylation is 1. The molecule has 4 heteroatoms. The largest absolute Gasteiger partial charge is 0.486 e. The molecule has 0 spiro atoms. The van der Waals surface area contributed by atoms with Crippen molar-refractivity contribution in [2.24, 2.45) is 5.73 Å². The zero-order chi connectivity index (χ0) is 14.4. The number of benzene rings is 1. The molecule has 1 aromatic carbocycles. The van der Waals surface area contributed by atoms with Crippen LogP contribution in [-0.4, -0.2) is 39.0 Å². The van der Waals surface area contributed by atoms with Gasteiger partial charge in [0, 0.05) is 13.1 Å². The minimum absolute atomic E-state index is 0.268. The third-order valence-corrected chi connectivity index (χ3v) is 3.71. The highest BCUT2D eigenvalue weighted by Gasteiger charge is 2.24. The van der Waals surface area contributed by atoms with E-state index in [9.17, 15) is 0 Å². The Balaban J connectivity index is 2.10. The predicted molar refractivity (Wildman–Crippen MR) is 82.6 cm³/mol. The van der Waals surface area contributed by atoms with Crippen LogP contribution in [0.15, 0.2) is 18.2 Å². The third-order valence-electron chi connectivity index (χ3n) is 3.71. The van der Waals surface area contributed by atoms with Gasteiger partial charge in [-0.15, -0.1) is 0 Å². The van der Waals surface area contributed by atoms with Crippen LogP contribution >= 0.6 is 0 Å². The molecule has 0 radical (unpaired) electrons. The van der Waals surface area contributed by atoms with E-state index in [0.29, 0.717) is 19.8 Å². The van der Waals surface area contributed by atoms with Crippen LogP contribution in [0.2, 0.25) is 0 Å². The van der Waals surface area contributed by atoms with E-state index in [4.69, 9.17) is 15.2 Å². The molecular weight excluding hydrogens is 252 g/mol. The van der Waals surface area contributed by atoms with Gasteiger partial charge in [0.2, 0.25) is 0 Å². The number of nitrogens with two attached hydrogens (primary N) is 1. The van der Waals surface area contributed by atoms with E-state index < -0.39 is 0 Å². The van der Waals surface area contributed by atoms with Gasteiger partial charge in [0.1, 0.15) is 11.9 Å². The maximum Gasteiger partial charge on any atom is 0.143 e. The van der Waals surface area contributed by atoms with Crippen molar-refractivity contribution in [2.45, 2.75) is 32.8 Å². The lowest BCUT2D eigenvalue weighted by molar-refractivity contribution is 0.140. The predicted octanol–water partition coefficient (Wildman–Crippen LogP) is 2.20. The molecule has 1 aromatic rings. The molecule has 112 valence electrons. The van der Waals surface area contributed by atoms with Crippen LogP contribution in [0.1, 0.15) is 25.8 Å². The highest BCUT2D eigenvalue weighted by atomic mass is 16.5. The highest BCUT2D eigenvalue weighted by Crippen LogP contribution is 2.34. The molecule has 1 aliphatic heterocycles. The van der Waals surface area contributed by atoms with Crippen LogP contribution in [0.25, 0.3) is 0 Å². The van der Waals surface area contributed by atoms with Crippen LogP contribution in [0.4, 0.5) is 5.69 Å². The van der Waals surface area contributed by atoms with E-state index in [1.165, 1.54) is 11.3 Å². The van der Waals surface area contributed by atoms with Gasteiger partial charge in [-0.25, -0.2) is 0 Å². The number of ether oxygens (including phenoxy) is 2. The zero-order valence-electron chi connectivity index (χ0n) is 12.6. The quantitative estimate of drug-likeness (QED) is 0.777. The van der Waals surface area contributed by atoms with Crippen LogP contribution < -0.4 is 15.4 Å². The number of nitrogens with zero attached hydrogens (tertiary/aromatic N) is 1. The molecule has 0 amide bonds. The number of hydrogen-bond acceptors (Lipinski definition) is 4. The Morgan fingerprint density at radius 2 is 2.20 bits per heavy atom. The van der Waals surface area contributed by atoms with Crippen molar-refractivity contribution in [1.82, 2.24) is 0 Å². The summed E-state index contributed by atoms with van der Waals surface area (Å²) in [7, 11) is 0. The van der Waals surface area contributed by atoms with E-state index in [2.05, 4.69) is 36.9 Å². The fourth-order valence-corrected chi connectivity index (χ4v) is 2.47. The molecule has 1 aliphatic rings. The van der Waals surface area contributed by atoms with Gasteiger partial charge < -0.3 is 20.1 Å². The zero-order valence-corrected chi connectivity index (χ0v) is 12.6. The minimum atomic E-state index is 0.268. The molecule has 4 nitrogen and oxygen atoms in total. The molecule has 1 atom stereocenters. The average molecular weight is 278 g/mol. The molecule has 0 bridgehead atoms. The first-order valence-corrected chi connectivity index (χ1v) is 7.60. The summed E-state index contributed by atoms with van der Waals surface area (Å²) in [5.74, 6) is 0.999. The lowest BCUT2D eigenvalue weighted by atomic mass is 10.1. The maximum atomic E-state index is 6.04. The van der Waals surface area contributed by atoms with Gasteiger partial charge >= 0.3 is 0 Å². The van der Waals surface area contributed by atoms with Crippen molar-refractivity contribution in [1.29, 1.82) is 0 Å². The second-order valence-corrected chi connectivity index (χ2v) is 5.15. The molecule has 2 rings (SSSR count). The topological polar surface area (TPSA) is 47.7 Å². The summed E-state index contributed by atoms with van der Waals surface area (Å²) in [4.78, 5) is 2.38. The summed E-state index contributed by atoms with van der Waals surface area (Å²) in [6.45, 7) is 8.08. The second-order valence-electron chi connectivity index (χ2n) is 5.15. The van der Waals surface area contributed by atoms with Gasteiger partial charge in [0.05, 0.1) is 25.4 Å². The summed E-state index contributed by atoms with van der Waals surface area (Å²) >= 11 is 0. The van der Waals surface area contributed by atoms with Crippen molar-refractivity contribution in [3.63, 3.8) is 0 Å². The SMILES string of the molecule is CCc1ccc2c(c1)N(CCOCCN)CC(CC)O2. The highest BCUT2D eigenvalue weighted by molar-refractivity contribution is 5.61. The van der Waals surface area contributed by atoms with Crippen molar-refractivity contribution in [2.75, 3.05) is 37.7 Å². The van der Waals surface area contributed by atoms with Crippen LogP contribution in [-0.2, 0) is 11.2 Å². The molecular formula is C16H26N2O2. The Labute approximate surface area is 121 Å². The summed E-state index contributed by atoms with van der Waals surface area (Å²) in [6.07, 6.45) is 2.33. The van der Waals surface area contributed by atoms with Crippen molar-refractivity contribution in [3.05, 3.63) is 23.8 Å². The van der Waals surface area contributed by atoms with Gasteiger partial charge in [0.15, 0.2) is 0 Å². The molecule has 0 saturated heterocycles. The normalized spacial score (nSPS) is 17.8. The summed E-state index contributed by atoms with van der Waals surface area (Å²) in [5, 5.41) is 0. The summed E-state index contributed by atoms with van der Waals surface area (Å²) in [6, 6.07) is 6.49. The molecule has 0 saturated carbocycles. The van der Waals surface area contributed by atoms with Gasteiger partial charge in [-0.05, 0) is 30.5 Å². The fraction of sp³-hybridized carbons (Fsp3) is 0.625. The van der Waals surface area contributed by atoms with Gasteiger partial charge in [0.25, 0.3) is 0 Å². The lowest BCUT2D eigenvalue weighted by Gasteiger charge is -2.36. The molecule has 1 unspecified atom stereocenters. The van der Waals surface area contributed by atoms with Crippen molar-refractivity contribution in [3.8, 4) is 5.75 Å². The number of fused-ring (bicyclic) bond motifs is 1. The maximum absolute atomic E-state index is 6.04. The Hall–Kier alpha value is -1.26. The molecule has 2 N–H and O–H groups in total. The summed E-state index contributed by atoms with van der Waals surface area (Å²) in [5.41, 5.74) is 7.99. The van der Waals surface area contributed by atoms with Crippen LogP contribution in [0.3, 0.4) is 0 Å². The summed E-state index contributed by atoms with van der Waals surface area (Å²) < 4.78 is 11.6. The van der Waals surface area contributed by atoms with Crippen LogP contribution in [0.5, 0.6) is 5.75 Å².